The first-order chi connectivity index (χ1) is 5.54. The number of hydrogen-bond acceptors (Lipinski definition) is 1. The van der Waals surface area contributed by atoms with E-state index in [1.54, 1.807) is 0 Å². The molecule has 0 fully saturated rings. The van der Waals surface area contributed by atoms with Crippen molar-refractivity contribution in [3.8, 4) is 0 Å². The summed E-state index contributed by atoms with van der Waals surface area (Å²) in [5.74, 6) is 0. The minimum Gasteiger partial charge on any atom is -0.308 e. The molecule has 0 amide bonds. The Kier molecular flexibility index (Phi) is 2.87. The zero-order valence-corrected chi connectivity index (χ0v) is 8.89. The Hall–Kier alpha value is -0.390. The fourth-order valence-electron chi connectivity index (χ4n) is 1.07. The molecule has 0 radical (unpaired) electrons. The van der Waals surface area contributed by atoms with Crippen LogP contribution in [0.2, 0.25) is 0 Å². The van der Waals surface area contributed by atoms with Crippen LogP contribution in [-0.2, 0) is 5.41 Å². The van der Waals surface area contributed by atoms with Crippen molar-refractivity contribution in [2.45, 2.75) is 26.2 Å². The van der Waals surface area contributed by atoms with Crippen LogP contribution < -0.4 is 10.8 Å². The highest BCUT2D eigenvalue weighted by Crippen LogP contribution is 2.21. The molecule has 0 aliphatic rings. The van der Waals surface area contributed by atoms with E-state index >= 15 is 0 Å². The van der Waals surface area contributed by atoms with E-state index in [9.17, 15) is 0 Å². The highest BCUT2D eigenvalue weighted by atomic mass is 31.1. The van der Waals surface area contributed by atoms with Crippen molar-refractivity contribution in [1.82, 2.24) is 0 Å². The Bertz CT molecular complexity index is 246. The highest BCUT2D eigenvalue weighted by molar-refractivity contribution is 7.44. The number of hydrogen-bond donors (Lipinski definition) is 1. The van der Waals surface area contributed by atoms with Crippen molar-refractivity contribution >= 4 is 14.0 Å². The zero-order valence-electron chi connectivity index (χ0n) is 7.89. The van der Waals surface area contributed by atoms with Crippen molar-refractivity contribution in [2.24, 2.45) is 5.50 Å². The van der Waals surface area contributed by atoms with Gasteiger partial charge in [0.15, 0.2) is 0 Å². The van der Waals surface area contributed by atoms with E-state index in [1.807, 2.05) is 0 Å². The molecule has 1 nitrogen and oxygen atoms in total. The molecule has 0 aromatic heterocycles. The van der Waals surface area contributed by atoms with Gasteiger partial charge < -0.3 is 5.50 Å². The minimum atomic E-state index is 0.246. The van der Waals surface area contributed by atoms with Crippen LogP contribution in [0.3, 0.4) is 0 Å². The normalized spacial score (nSPS) is 12.7. The second-order valence-corrected chi connectivity index (χ2v) is 4.84. The van der Waals surface area contributed by atoms with Gasteiger partial charge in [-0.25, -0.2) is 0 Å². The monoisotopic (exact) mass is 181 g/mol. The summed E-state index contributed by atoms with van der Waals surface area (Å²) in [4.78, 5) is 0. The smallest absolute Gasteiger partial charge is 0.0127 e. The summed E-state index contributed by atoms with van der Waals surface area (Å²) >= 11 is 0. The average molecular weight is 181 g/mol. The van der Waals surface area contributed by atoms with E-state index in [0.717, 1.165) is 0 Å². The summed E-state index contributed by atoms with van der Waals surface area (Å²) in [5, 5.41) is 1.23. The van der Waals surface area contributed by atoms with E-state index in [0.29, 0.717) is 8.73 Å². The highest BCUT2D eigenvalue weighted by Gasteiger charge is 2.12. The van der Waals surface area contributed by atoms with Gasteiger partial charge in [-0.2, -0.15) is 0 Å². The maximum absolute atomic E-state index is 5.54. The van der Waals surface area contributed by atoms with Gasteiger partial charge in [-0.3, -0.25) is 0 Å². The largest absolute Gasteiger partial charge is 0.308 e. The maximum Gasteiger partial charge on any atom is -0.0127 e. The zero-order chi connectivity index (χ0) is 9.19. The molecule has 2 N–H and O–H groups in total. The predicted molar refractivity (Wildman–Crippen MR) is 57.3 cm³/mol. The summed E-state index contributed by atoms with van der Waals surface area (Å²) in [7, 11) is 0.410. The third-order valence-electron chi connectivity index (χ3n) is 1.92. The van der Waals surface area contributed by atoms with Crippen molar-refractivity contribution in [2.75, 3.05) is 0 Å². The molecule has 1 aromatic rings. The van der Waals surface area contributed by atoms with Gasteiger partial charge in [0.25, 0.3) is 0 Å². The minimum absolute atomic E-state index is 0.246. The molecule has 0 saturated heterocycles. The van der Waals surface area contributed by atoms with Crippen LogP contribution in [-0.4, -0.2) is 0 Å². The molecule has 0 aliphatic carbocycles. The van der Waals surface area contributed by atoms with E-state index < -0.39 is 0 Å². The van der Waals surface area contributed by atoms with Crippen LogP contribution in [0.1, 0.15) is 26.3 Å². The van der Waals surface area contributed by atoms with Crippen LogP contribution in [0.25, 0.3) is 0 Å². The second kappa shape index (κ2) is 3.55. The second-order valence-electron chi connectivity index (χ2n) is 3.97. The van der Waals surface area contributed by atoms with Crippen molar-refractivity contribution in [3.05, 3.63) is 29.8 Å². The number of benzene rings is 1. The molecule has 0 aliphatic heterocycles. The van der Waals surface area contributed by atoms with E-state index in [4.69, 9.17) is 5.50 Å². The molecular formula is C10H16NP. The Morgan fingerprint density at radius 1 is 1.08 bits per heavy atom. The van der Waals surface area contributed by atoms with Crippen LogP contribution in [0.15, 0.2) is 24.3 Å². The molecule has 66 valence electrons. The van der Waals surface area contributed by atoms with Crippen molar-refractivity contribution < 1.29 is 0 Å². The molecule has 1 rings (SSSR count). The predicted octanol–water partition coefficient (Wildman–Crippen LogP) is 2.16. The van der Waals surface area contributed by atoms with Crippen LogP contribution in [0.4, 0.5) is 0 Å². The lowest BCUT2D eigenvalue weighted by atomic mass is 9.87. The van der Waals surface area contributed by atoms with E-state index in [1.165, 1.54) is 10.9 Å². The SMILES string of the molecule is CC(C)(C)c1ccc(PN)cc1. The van der Waals surface area contributed by atoms with E-state index in [2.05, 4.69) is 45.0 Å². The molecule has 0 heterocycles. The fourth-order valence-corrected chi connectivity index (χ4v) is 1.43. The standard InChI is InChI=1S/C10H16NP/c1-10(2,3)8-4-6-9(12-11)7-5-8/h4-7,12H,11H2,1-3H3. The van der Waals surface area contributed by atoms with E-state index in [-0.39, 0.29) is 5.41 Å². The molecule has 0 bridgehead atoms. The molecule has 0 spiro atoms. The van der Waals surface area contributed by atoms with Crippen LogP contribution >= 0.6 is 8.73 Å². The summed E-state index contributed by atoms with van der Waals surface area (Å²) in [6.45, 7) is 6.65. The lowest BCUT2D eigenvalue weighted by molar-refractivity contribution is 0.590. The summed E-state index contributed by atoms with van der Waals surface area (Å²) in [5.41, 5.74) is 7.15. The van der Waals surface area contributed by atoms with Crippen molar-refractivity contribution in [3.63, 3.8) is 0 Å². The topological polar surface area (TPSA) is 26.0 Å². The molecule has 1 aromatic carbocycles. The Labute approximate surface area is 76.2 Å². The molecule has 0 saturated carbocycles. The van der Waals surface area contributed by atoms with Gasteiger partial charge in [0.1, 0.15) is 0 Å². The van der Waals surface area contributed by atoms with Gasteiger partial charge in [0, 0.05) is 0 Å². The van der Waals surface area contributed by atoms with Crippen molar-refractivity contribution in [1.29, 1.82) is 0 Å². The Balaban J connectivity index is 2.93. The van der Waals surface area contributed by atoms with Crippen LogP contribution in [0, 0.1) is 0 Å². The molecule has 12 heavy (non-hydrogen) atoms. The first kappa shape index (κ1) is 9.70. The van der Waals surface area contributed by atoms with Gasteiger partial charge in [0.05, 0.1) is 0 Å². The number of nitrogens with two attached hydrogens (primary N) is 1. The average Bonchev–Trinajstić information content (AvgIpc) is 2.03. The molecule has 2 heteroatoms. The van der Waals surface area contributed by atoms with Gasteiger partial charge in [-0.15, -0.1) is 0 Å². The van der Waals surface area contributed by atoms with Gasteiger partial charge >= 0.3 is 0 Å². The quantitative estimate of drug-likeness (QED) is 0.660. The first-order valence-electron chi connectivity index (χ1n) is 4.11. The van der Waals surface area contributed by atoms with Gasteiger partial charge in [-0.05, 0) is 25.0 Å². The molecule has 1 unspecified atom stereocenters. The van der Waals surface area contributed by atoms with Gasteiger partial charge in [0.2, 0.25) is 0 Å². The van der Waals surface area contributed by atoms with Crippen LogP contribution in [0.5, 0.6) is 0 Å². The number of rotatable bonds is 1. The summed E-state index contributed by atoms with van der Waals surface area (Å²) < 4.78 is 0. The molecule has 1 atom stereocenters. The Morgan fingerprint density at radius 3 is 1.92 bits per heavy atom. The lowest BCUT2D eigenvalue weighted by Crippen LogP contribution is -2.12. The Morgan fingerprint density at radius 2 is 1.58 bits per heavy atom. The first-order valence-corrected chi connectivity index (χ1v) is 5.19. The third kappa shape index (κ3) is 2.30. The third-order valence-corrected chi connectivity index (χ3v) is 2.58. The van der Waals surface area contributed by atoms with Gasteiger partial charge in [-0.1, -0.05) is 45.0 Å². The molecular weight excluding hydrogens is 165 g/mol. The lowest BCUT2D eigenvalue weighted by Gasteiger charge is -2.18. The fraction of sp³-hybridized carbons (Fsp3) is 0.400. The maximum atomic E-state index is 5.54. The summed E-state index contributed by atoms with van der Waals surface area (Å²) in [6, 6.07) is 8.54. The summed E-state index contributed by atoms with van der Waals surface area (Å²) in [6.07, 6.45) is 0.